The summed E-state index contributed by atoms with van der Waals surface area (Å²) in [7, 11) is 0. The van der Waals surface area contributed by atoms with Crippen LogP contribution in [0, 0.1) is 25.5 Å². The van der Waals surface area contributed by atoms with E-state index in [9.17, 15) is 18.4 Å². The molecule has 1 amide bonds. The van der Waals surface area contributed by atoms with Crippen molar-refractivity contribution in [1.29, 1.82) is 0 Å². The number of carboxylic acid groups (broad SMARTS) is 1. The summed E-state index contributed by atoms with van der Waals surface area (Å²) in [5.74, 6) is -2.65. The predicted octanol–water partition coefficient (Wildman–Crippen LogP) is 4.69. The molecule has 2 aromatic carbocycles. The summed E-state index contributed by atoms with van der Waals surface area (Å²) in [6.07, 6.45) is 0.365. The monoisotopic (exact) mass is 583 g/mol. The van der Waals surface area contributed by atoms with Crippen molar-refractivity contribution in [3.05, 3.63) is 93.7 Å². The molecule has 43 heavy (non-hydrogen) atoms. The van der Waals surface area contributed by atoms with Crippen molar-refractivity contribution in [2.45, 2.75) is 45.6 Å². The lowest BCUT2D eigenvalue weighted by atomic mass is 9.77. The number of carbonyl (C=O) groups is 2. The molecule has 0 unspecified atom stereocenters. The number of aromatic nitrogens is 5. The summed E-state index contributed by atoms with van der Waals surface area (Å²) in [5.41, 5.74) is 8.92. The Balaban J connectivity index is 1.41. The number of anilines is 2. The van der Waals surface area contributed by atoms with E-state index in [2.05, 4.69) is 25.4 Å². The quantitative estimate of drug-likeness (QED) is 0.250. The maximum absolute atomic E-state index is 14.8. The second kappa shape index (κ2) is 10.2. The SMILES string of the molecule is Cc1ccc2c(-c3nc(N)c4c(n3)NC(=O)[C@@]4(C)c3ccc(CCC(=O)O)cc3)nn(Cc3ccc(C)c(F)c3F)c2n1. The van der Waals surface area contributed by atoms with E-state index in [0.717, 1.165) is 5.56 Å². The number of nitrogens with two attached hydrogens (primary N) is 1. The Morgan fingerprint density at radius 3 is 2.49 bits per heavy atom. The first kappa shape index (κ1) is 27.9. The Bertz CT molecular complexity index is 1960. The van der Waals surface area contributed by atoms with E-state index >= 15 is 0 Å². The first-order chi connectivity index (χ1) is 20.5. The summed E-state index contributed by atoms with van der Waals surface area (Å²) < 4.78 is 30.5. The minimum Gasteiger partial charge on any atom is -0.481 e. The molecule has 218 valence electrons. The second-order valence-electron chi connectivity index (χ2n) is 10.8. The fourth-order valence-electron chi connectivity index (χ4n) is 5.44. The van der Waals surface area contributed by atoms with Crippen molar-refractivity contribution in [3.8, 4) is 11.5 Å². The van der Waals surface area contributed by atoms with E-state index in [1.165, 1.54) is 23.7 Å². The van der Waals surface area contributed by atoms with Crippen LogP contribution in [-0.4, -0.2) is 41.7 Å². The van der Waals surface area contributed by atoms with E-state index in [0.29, 0.717) is 40.0 Å². The maximum atomic E-state index is 14.8. The molecule has 12 heteroatoms. The van der Waals surface area contributed by atoms with Gasteiger partial charge in [0.25, 0.3) is 0 Å². The molecule has 0 saturated heterocycles. The van der Waals surface area contributed by atoms with E-state index in [1.807, 2.05) is 6.92 Å². The third-order valence-electron chi connectivity index (χ3n) is 7.90. The van der Waals surface area contributed by atoms with Crippen LogP contribution in [0.4, 0.5) is 20.4 Å². The highest BCUT2D eigenvalue weighted by Crippen LogP contribution is 2.45. The van der Waals surface area contributed by atoms with Gasteiger partial charge >= 0.3 is 5.97 Å². The molecule has 0 saturated carbocycles. The average Bonchev–Trinajstić information content (AvgIpc) is 3.46. The summed E-state index contributed by atoms with van der Waals surface area (Å²) >= 11 is 0. The second-order valence-corrected chi connectivity index (χ2v) is 10.8. The topological polar surface area (TPSA) is 149 Å². The Morgan fingerprint density at radius 2 is 1.77 bits per heavy atom. The Kier molecular flexibility index (Phi) is 6.63. The molecule has 0 fully saturated rings. The van der Waals surface area contributed by atoms with Crippen molar-refractivity contribution in [2.24, 2.45) is 0 Å². The van der Waals surface area contributed by atoms with Gasteiger partial charge < -0.3 is 16.2 Å². The molecule has 1 aliphatic rings. The normalized spacial score (nSPS) is 16.0. The van der Waals surface area contributed by atoms with Gasteiger partial charge in [0, 0.05) is 17.7 Å². The molecular weight excluding hydrogens is 556 g/mol. The molecule has 5 aromatic rings. The number of aliphatic carboxylic acids is 1. The molecule has 3 aromatic heterocycles. The van der Waals surface area contributed by atoms with Crippen LogP contribution in [0.3, 0.4) is 0 Å². The fraction of sp³-hybridized carbons (Fsp3) is 0.226. The summed E-state index contributed by atoms with van der Waals surface area (Å²) in [4.78, 5) is 38.1. The molecule has 10 nitrogen and oxygen atoms in total. The largest absolute Gasteiger partial charge is 0.481 e. The van der Waals surface area contributed by atoms with Crippen molar-refractivity contribution < 1.29 is 23.5 Å². The van der Waals surface area contributed by atoms with Gasteiger partial charge in [-0.3, -0.25) is 9.59 Å². The third-order valence-corrected chi connectivity index (χ3v) is 7.90. The van der Waals surface area contributed by atoms with Gasteiger partial charge in [0.05, 0.1) is 17.5 Å². The van der Waals surface area contributed by atoms with Crippen LogP contribution in [-0.2, 0) is 28.0 Å². The van der Waals surface area contributed by atoms with Gasteiger partial charge in [-0.2, -0.15) is 5.10 Å². The lowest BCUT2D eigenvalue weighted by Crippen LogP contribution is -2.33. The third kappa shape index (κ3) is 4.64. The summed E-state index contributed by atoms with van der Waals surface area (Å²) in [6, 6.07) is 13.7. The average molecular weight is 584 g/mol. The number of carbonyl (C=O) groups excluding carboxylic acids is 1. The van der Waals surface area contributed by atoms with Crippen molar-refractivity contribution >= 4 is 34.5 Å². The number of hydrogen-bond donors (Lipinski definition) is 3. The van der Waals surface area contributed by atoms with Crippen LogP contribution in [0.1, 0.15) is 46.9 Å². The minimum absolute atomic E-state index is 0.000120. The minimum atomic E-state index is -1.20. The molecule has 0 radical (unpaired) electrons. The van der Waals surface area contributed by atoms with Crippen LogP contribution < -0.4 is 11.1 Å². The number of carboxylic acids is 1. The maximum Gasteiger partial charge on any atom is 0.303 e. The molecule has 1 atom stereocenters. The van der Waals surface area contributed by atoms with Crippen LogP contribution in [0.5, 0.6) is 0 Å². The lowest BCUT2D eigenvalue weighted by Gasteiger charge is -2.23. The zero-order valence-corrected chi connectivity index (χ0v) is 23.6. The number of aryl methyl sites for hydroxylation is 3. The molecule has 4 N–H and O–H groups in total. The van der Waals surface area contributed by atoms with Gasteiger partial charge in [0.15, 0.2) is 23.1 Å². The number of nitrogen functional groups attached to an aromatic ring is 1. The summed E-state index contributed by atoms with van der Waals surface area (Å²) in [5, 5.41) is 17.0. The number of hydrogen-bond acceptors (Lipinski definition) is 7. The molecule has 6 rings (SSSR count). The van der Waals surface area contributed by atoms with Crippen molar-refractivity contribution in [1.82, 2.24) is 24.7 Å². The van der Waals surface area contributed by atoms with Gasteiger partial charge in [0.2, 0.25) is 5.91 Å². The number of benzene rings is 2. The zero-order valence-electron chi connectivity index (χ0n) is 23.6. The Labute approximate surface area is 244 Å². The van der Waals surface area contributed by atoms with Crippen molar-refractivity contribution in [3.63, 3.8) is 0 Å². The van der Waals surface area contributed by atoms with Crippen molar-refractivity contribution in [2.75, 3.05) is 11.1 Å². The predicted molar refractivity (Wildman–Crippen MR) is 155 cm³/mol. The van der Waals surface area contributed by atoms with Gasteiger partial charge in [0.1, 0.15) is 22.7 Å². The number of halogens is 2. The van der Waals surface area contributed by atoms with E-state index in [-0.39, 0.29) is 47.5 Å². The Morgan fingerprint density at radius 1 is 1.02 bits per heavy atom. The van der Waals surface area contributed by atoms with Crippen LogP contribution in [0.15, 0.2) is 48.5 Å². The smallest absolute Gasteiger partial charge is 0.303 e. The van der Waals surface area contributed by atoms with E-state index in [1.54, 1.807) is 43.3 Å². The van der Waals surface area contributed by atoms with Gasteiger partial charge in [-0.05, 0) is 56.0 Å². The molecular formula is C31H27F2N7O3. The highest BCUT2D eigenvalue weighted by atomic mass is 19.2. The lowest BCUT2D eigenvalue weighted by molar-refractivity contribution is -0.137. The molecule has 0 aliphatic carbocycles. The van der Waals surface area contributed by atoms with E-state index in [4.69, 9.17) is 10.8 Å². The van der Waals surface area contributed by atoms with Crippen LogP contribution in [0.2, 0.25) is 0 Å². The number of nitrogens with zero attached hydrogens (tertiary/aromatic N) is 5. The number of rotatable bonds is 7. The molecule has 0 bridgehead atoms. The van der Waals surface area contributed by atoms with Gasteiger partial charge in [-0.1, -0.05) is 36.4 Å². The zero-order chi connectivity index (χ0) is 30.6. The standard InChI is InChI=1S/C31H27F2N7O3/c1-15-4-9-18(24(33)23(15)32)14-40-29-20(12-5-16(2)35-29)25(39-40)28-36-26(34)22-27(37-28)38-30(43)31(22,3)19-10-6-17(7-11-19)8-13-21(41)42/h4-7,9-12H,8,13-14H2,1-3H3,(H,41,42)(H3,34,36,37,38,43)/t31-/m0/s1. The Hall–Kier alpha value is -5.26. The fourth-order valence-corrected chi connectivity index (χ4v) is 5.44. The molecule has 1 aliphatic heterocycles. The molecule has 4 heterocycles. The number of fused-ring (bicyclic) bond motifs is 2. The highest BCUT2D eigenvalue weighted by Gasteiger charge is 2.47. The number of nitrogens with one attached hydrogen (secondary N) is 1. The first-order valence-electron chi connectivity index (χ1n) is 13.6. The molecule has 0 spiro atoms. The van der Waals surface area contributed by atoms with Gasteiger partial charge in [-0.15, -0.1) is 0 Å². The van der Waals surface area contributed by atoms with Crippen LogP contribution in [0.25, 0.3) is 22.6 Å². The van der Waals surface area contributed by atoms with E-state index < -0.39 is 23.0 Å². The summed E-state index contributed by atoms with van der Waals surface area (Å²) in [6.45, 7) is 4.94. The number of amides is 1. The first-order valence-corrected chi connectivity index (χ1v) is 13.6. The van der Waals surface area contributed by atoms with Crippen LogP contribution >= 0.6 is 0 Å². The van der Waals surface area contributed by atoms with Gasteiger partial charge in [-0.25, -0.2) is 28.4 Å². The number of pyridine rings is 1. The highest BCUT2D eigenvalue weighted by molar-refractivity contribution is 6.09.